The van der Waals surface area contributed by atoms with Crippen molar-refractivity contribution in [2.45, 2.75) is 45.7 Å². The molecule has 1 amide bonds. The molecule has 3 atom stereocenters. The van der Waals surface area contributed by atoms with Gasteiger partial charge in [0.15, 0.2) is 0 Å². The molecule has 0 bridgehead atoms. The van der Waals surface area contributed by atoms with Crippen LogP contribution in [0.2, 0.25) is 0 Å². The van der Waals surface area contributed by atoms with E-state index in [0.717, 1.165) is 17.3 Å². The first-order valence-corrected chi connectivity index (χ1v) is 11.1. The van der Waals surface area contributed by atoms with E-state index in [2.05, 4.69) is 15.0 Å². The lowest BCUT2D eigenvalue weighted by molar-refractivity contribution is -0.138. The number of amides is 1. The lowest BCUT2D eigenvalue weighted by atomic mass is 9.91. The Hall–Kier alpha value is -3.03. The number of carbonyl (C=O) groups is 1. The van der Waals surface area contributed by atoms with Crippen LogP contribution in [0.4, 0.5) is 13.2 Å². The number of aromatic nitrogens is 3. The fourth-order valence-electron chi connectivity index (χ4n) is 5.17. The zero-order chi connectivity index (χ0) is 23.8. The molecule has 2 fully saturated rings. The fraction of sp³-hybridized carbons (Fsp3) is 0.440. The molecular weight excluding hydrogens is 429 g/mol. The Kier molecular flexibility index (Phi) is 6.36. The molecule has 0 unspecified atom stereocenters. The Labute approximate surface area is 191 Å². The highest BCUT2D eigenvalue weighted by molar-refractivity contribution is 5.90. The van der Waals surface area contributed by atoms with Crippen LogP contribution in [0.3, 0.4) is 0 Å². The maximum atomic E-state index is 13.5. The Morgan fingerprint density at radius 2 is 1.67 bits per heavy atom. The van der Waals surface area contributed by atoms with E-state index in [1.807, 2.05) is 19.9 Å². The van der Waals surface area contributed by atoms with E-state index in [1.165, 1.54) is 6.07 Å². The first-order chi connectivity index (χ1) is 15.6. The lowest BCUT2D eigenvalue weighted by Crippen LogP contribution is -2.31. The largest absolute Gasteiger partial charge is 0.416 e. The quantitative estimate of drug-likeness (QED) is 0.623. The highest BCUT2D eigenvalue weighted by Crippen LogP contribution is 2.48. The van der Waals surface area contributed by atoms with Crippen LogP contribution in [-0.4, -0.2) is 38.8 Å². The molecule has 2 aromatic rings. The molecule has 2 aliphatic rings. The second kappa shape index (κ2) is 9.08. The van der Waals surface area contributed by atoms with E-state index in [9.17, 15) is 18.0 Å². The molecule has 1 saturated heterocycles. The molecule has 1 saturated carbocycles. The number of fused-ring (bicyclic) bond motifs is 1. The molecule has 1 aliphatic heterocycles. The molecule has 2 heterocycles. The van der Waals surface area contributed by atoms with Crippen molar-refractivity contribution in [1.82, 2.24) is 19.9 Å². The number of alkyl halides is 3. The SMILES string of the molecule is Cc1ccnc(C(=O)N2C[C@H]3C[C@@H](c4ccccc4C(F)(F)F)C[C@H]3C2)nc(C)nc(C)c1. The number of rotatable bonds is 2. The molecule has 33 heavy (non-hydrogen) atoms. The molecule has 1 aromatic heterocycles. The number of aryl methyl sites for hydroxylation is 3. The van der Waals surface area contributed by atoms with Crippen LogP contribution >= 0.6 is 0 Å². The summed E-state index contributed by atoms with van der Waals surface area (Å²) in [4.78, 5) is 27.9. The van der Waals surface area contributed by atoms with Gasteiger partial charge in [-0.2, -0.15) is 13.2 Å². The number of hydrogen-bond acceptors (Lipinski definition) is 4. The third-order valence-corrected chi connectivity index (χ3v) is 6.51. The van der Waals surface area contributed by atoms with Gasteiger partial charge in [-0.15, -0.1) is 0 Å². The van der Waals surface area contributed by atoms with E-state index in [0.29, 0.717) is 37.3 Å². The van der Waals surface area contributed by atoms with Gasteiger partial charge in [-0.1, -0.05) is 18.2 Å². The smallest absolute Gasteiger partial charge is 0.335 e. The third kappa shape index (κ3) is 5.15. The van der Waals surface area contributed by atoms with Crippen LogP contribution in [0.1, 0.15) is 57.6 Å². The Balaban J connectivity index is 1.52. The minimum Gasteiger partial charge on any atom is -0.335 e. The van der Waals surface area contributed by atoms with Crippen LogP contribution in [0.5, 0.6) is 0 Å². The van der Waals surface area contributed by atoms with E-state index >= 15 is 0 Å². The number of carbonyl (C=O) groups excluding carboxylic acids is 1. The summed E-state index contributed by atoms with van der Waals surface area (Å²) >= 11 is 0. The van der Waals surface area contributed by atoms with Crippen LogP contribution in [0.25, 0.3) is 0 Å². The number of nitrogens with zero attached hydrogens (tertiary/aromatic N) is 4. The summed E-state index contributed by atoms with van der Waals surface area (Å²) < 4.78 is 40.4. The van der Waals surface area contributed by atoms with Gasteiger partial charge in [-0.25, -0.2) is 15.0 Å². The fourth-order valence-corrected chi connectivity index (χ4v) is 5.17. The number of benzene rings is 1. The average molecular weight is 457 g/mol. The molecule has 174 valence electrons. The zero-order valence-corrected chi connectivity index (χ0v) is 18.9. The van der Waals surface area contributed by atoms with Crippen molar-refractivity contribution >= 4 is 5.91 Å². The average Bonchev–Trinajstić information content (AvgIpc) is 3.30. The molecule has 0 radical (unpaired) electrons. The molecule has 1 aromatic carbocycles. The molecule has 4 rings (SSSR count). The lowest BCUT2D eigenvalue weighted by Gasteiger charge is -2.21. The molecule has 0 spiro atoms. The van der Waals surface area contributed by atoms with Gasteiger partial charge in [0, 0.05) is 25.0 Å². The second-order valence-electron chi connectivity index (χ2n) is 9.05. The van der Waals surface area contributed by atoms with Crippen molar-refractivity contribution in [2.75, 3.05) is 13.1 Å². The zero-order valence-electron chi connectivity index (χ0n) is 18.9. The molecule has 1 aliphatic carbocycles. The van der Waals surface area contributed by atoms with E-state index in [-0.39, 0.29) is 29.5 Å². The van der Waals surface area contributed by atoms with Crippen molar-refractivity contribution in [2.24, 2.45) is 11.8 Å². The summed E-state index contributed by atoms with van der Waals surface area (Å²) in [6.45, 7) is 6.53. The van der Waals surface area contributed by atoms with Gasteiger partial charge in [0.25, 0.3) is 5.91 Å². The molecule has 0 N–H and O–H groups in total. The summed E-state index contributed by atoms with van der Waals surface area (Å²) in [5.74, 6) is 0.459. The maximum Gasteiger partial charge on any atom is 0.416 e. The second-order valence-corrected chi connectivity index (χ2v) is 9.05. The summed E-state index contributed by atoms with van der Waals surface area (Å²) in [7, 11) is 0. The highest BCUT2D eigenvalue weighted by atomic mass is 19.4. The Morgan fingerprint density at radius 3 is 2.33 bits per heavy atom. The predicted octanol–water partition coefficient (Wildman–Crippen LogP) is 5.21. The molecular formula is C25H27F3N4O. The van der Waals surface area contributed by atoms with Gasteiger partial charge in [0.2, 0.25) is 5.82 Å². The van der Waals surface area contributed by atoms with Crippen LogP contribution < -0.4 is 0 Å². The molecule has 8 heteroatoms. The van der Waals surface area contributed by atoms with Gasteiger partial charge < -0.3 is 4.90 Å². The number of likely N-dealkylation sites (tertiary alicyclic amines) is 1. The summed E-state index contributed by atoms with van der Waals surface area (Å²) in [6.07, 6.45) is -1.51. The van der Waals surface area contributed by atoms with Crippen LogP contribution in [-0.2, 0) is 6.18 Å². The highest BCUT2D eigenvalue weighted by Gasteiger charge is 2.45. The minimum absolute atomic E-state index is 0.0777. The van der Waals surface area contributed by atoms with Crippen molar-refractivity contribution in [3.05, 3.63) is 76.6 Å². The number of hydrogen-bond donors (Lipinski definition) is 0. The maximum absolute atomic E-state index is 13.5. The first kappa shape index (κ1) is 23.1. The summed E-state index contributed by atoms with van der Waals surface area (Å²) in [5, 5.41) is 0. The Bertz CT molecular complexity index is 1100. The van der Waals surface area contributed by atoms with E-state index in [4.69, 9.17) is 0 Å². The van der Waals surface area contributed by atoms with Gasteiger partial charge >= 0.3 is 6.18 Å². The van der Waals surface area contributed by atoms with E-state index < -0.39 is 11.7 Å². The van der Waals surface area contributed by atoms with Crippen molar-refractivity contribution < 1.29 is 18.0 Å². The van der Waals surface area contributed by atoms with E-state index in [1.54, 1.807) is 36.2 Å². The van der Waals surface area contributed by atoms with Crippen LogP contribution in [0, 0.1) is 32.6 Å². The van der Waals surface area contributed by atoms with Crippen molar-refractivity contribution in [3.63, 3.8) is 0 Å². The standard InChI is InChI=1S/C25H27F3N4O/c1-15-8-9-29-23(31-17(3)30-16(2)10-15)24(33)32-13-19-11-18(12-20(19)14-32)21-6-4-5-7-22(21)25(26,27)28/h4-10,18-20H,11-14H2,1-3H3/t18-,19-,20+. The predicted molar refractivity (Wildman–Crippen MR) is 118 cm³/mol. The Morgan fingerprint density at radius 1 is 1.00 bits per heavy atom. The van der Waals surface area contributed by atoms with Crippen molar-refractivity contribution in [1.29, 1.82) is 0 Å². The van der Waals surface area contributed by atoms with Gasteiger partial charge in [0.1, 0.15) is 5.82 Å². The monoisotopic (exact) mass is 456 g/mol. The minimum atomic E-state index is -4.36. The first-order valence-electron chi connectivity index (χ1n) is 11.1. The van der Waals surface area contributed by atoms with Gasteiger partial charge in [-0.3, -0.25) is 4.79 Å². The topological polar surface area (TPSA) is 59.0 Å². The van der Waals surface area contributed by atoms with Gasteiger partial charge in [0.05, 0.1) is 5.56 Å². The molecule has 5 nitrogen and oxygen atoms in total. The summed E-state index contributed by atoms with van der Waals surface area (Å²) in [5.41, 5.74) is 1.57. The number of halogens is 3. The summed E-state index contributed by atoms with van der Waals surface area (Å²) in [6, 6.07) is 9.56. The van der Waals surface area contributed by atoms with Crippen molar-refractivity contribution in [3.8, 4) is 0 Å². The van der Waals surface area contributed by atoms with Gasteiger partial charge in [-0.05, 0) is 80.7 Å². The normalized spacial score (nSPS) is 22.1. The third-order valence-electron chi connectivity index (χ3n) is 6.51. The van der Waals surface area contributed by atoms with Crippen LogP contribution in [0.15, 0.2) is 42.6 Å².